The molecule has 0 aliphatic carbocycles. The van der Waals surface area contributed by atoms with Gasteiger partial charge in [-0.1, -0.05) is 19.8 Å². The van der Waals surface area contributed by atoms with Crippen LogP contribution in [-0.2, 0) is 4.79 Å². The zero-order valence-electron chi connectivity index (χ0n) is 8.35. The van der Waals surface area contributed by atoms with E-state index in [2.05, 4.69) is 30.6 Å². The zero-order chi connectivity index (χ0) is 9.61. The maximum Gasteiger partial charge on any atom is 0.192 e. The van der Waals surface area contributed by atoms with E-state index in [1.54, 1.807) is 0 Å². The van der Waals surface area contributed by atoms with Crippen molar-refractivity contribution in [2.45, 2.75) is 32.7 Å². The molecule has 0 saturated heterocycles. The normalized spacial score (nSPS) is 14.8. The monoisotopic (exact) mass is 167 g/mol. The number of hydrogen-bond acceptors (Lipinski definition) is 2. The molecule has 12 heavy (non-hydrogen) atoms. The summed E-state index contributed by atoms with van der Waals surface area (Å²) in [5.41, 5.74) is -0.157. The highest BCUT2D eigenvalue weighted by Gasteiger charge is 2.22. The van der Waals surface area contributed by atoms with Gasteiger partial charge in [-0.05, 0) is 32.9 Å². The smallest absolute Gasteiger partial charge is 0.192 e. The van der Waals surface area contributed by atoms with Crippen molar-refractivity contribution in [1.82, 2.24) is 4.90 Å². The van der Waals surface area contributed by atoms with Gasteiger partial charge in [0.1, 0.15) is 0 Å². The SMILES string of the molecule is CCN(C)C(C)(C#CC=O)CC. The molecule has 0 aromatic carbocycles. The number of rotatable bonds is 3. The highest BCUT2D eigenvalue weighted by molar-refractivity contribution is 5.73. The molecule has 0 rings (SSSR count). The fourth-order valence-corrected chi connectivity index (χ4v) is 0.988. The van der Waals surface area contributed by atoms with Crippen LogP contribution in [0, 0.1) is 11.8 Å². The van der Waals surface area contributed by atoms with Gasteiger partial charge in [0, 0.05) is 0 Å². The molecule has 0 amide bonds. The topological polar surface area (TPSA) is 20.3 Å². The van der Waals surface area contributed by atoms with E-state index in [1.807, 2.05) is 14.0 Å². The summed E-state index contributed by atoms with van der Waals surface area (Å²) in [6.45, 7) is 7.15. The molecule has 0 bridgehead atoms. The summed E-state index contributed by atoms with van der Waals surface area (Å²) in [7, 11) is 2.02. The Morgan fingerprint density at radius 1 is 1.50 bits per heavy atom. The Morgan fingerprint density at radius 3 is 2.42 bits per heavy atom. The van der Waals surface area contributed by atoms with E-state index in [0.29, 0.717) is 6.29 Å². The van der Waals surface area contributed by atoms with Crippen LogP contribution in [0.5, 0.6) is 0 Å². The average molecular weight is 167 g/mol. The summed E-state index contributed by atoms with van der Waals surface area (Å²) >= 11 is 0. The molecule has 0 heterocycles. The van der Waals surface area contributed by atoms with E-state index in [4.69, 9.17) is 0 Å². The Balaban J connectivity index is 4.54. The minimum absolute atomic E-state index is 0.157. The minimum Gasteiger partial charge on any atom is -0.291 e. The number of carbonyl (C=O) groups is 1. The Hall–Kier alpha value is -0.810. The fourth-order valence-electron chi connectivity index (χ4n) is 0.988. The minimum atomic E-state index is -0.157. The third kappa shape index (κ3) is 2.67. The van der Waals surface area contributed by atoms with Crippen molar-refractivity contribution in [3.8, 4) is 11.8 Å². The van der Waals surface area contributed by atoms with Crippen molar-refractivity contribution in [2.75, 3.05) is 13.6 Å². The molecule has 68 valence electrons. The van der Waals surface area contributed by atoms with E-state index < -0.39 is 0 Å². The van der Waals surface area contributed by atoms with E-state index in [-0.39, 0.29) is 5.54 Å². The van der Waals surface area contributed by atoms with Crippen LogP contribution in [0.3, 0.4) is 0 Å². The van der Waals surface area contributed by atoms with E-state index in [0.717, 1.165) is 13.0 Å². The Morgan fingerprint density at radius 2 is 2.08 bits per heavy atom. The van der Waals surface area contributed by atoms with Gasteiger partial charge in [0.25, 0.3) is 0 Å². The van der Waals surface area contributed by atoms with Crippen LogP contribution in [-0.4, -0.2) is 30.3 Å². The van der Waals surface area contributed by atoms with Crippen molar-refractivity contribution in [3.63, 3.8) is 0 Å². The number of carbonyl (C=O) groups excluding carboxylic acids is 1. The van der Waals surface area contributed by atoms with Crippen LogP contribution in [0.25, 0.3) is 0 Å². The molecule has 0 spiro atoms. The third-order valence-electron chi connectivity index (χ3n) is 2.41. The van der Waals surface area contributed by atoms with Crippen molar-refractivity contribution < 1.29 is 4.79 Å². The molecule has 0 fully saturated rings. The molecule has 0 aliphatic heterocycles. The predicted molar refractivity (Wildman–Crippen MR) is 50.8 cm³/mol. The summed E-state index contributed by atoms with van der Waals surface area (Å²) in [5.74, 6) is 5.44. The molecule has 2 heteroatoms. The lowest BCUT2D eigenvalue weighted by atomic mass is 9.98. The maximum atomic E-state index is 10.1. The first-order valence-corrected chi connectivity index (χ1v) is 4.28. The number of hydrogen-bond donors (Lipinski definition) is 0. The molecule has 1 atom stereocenters. The van der Waals surface area contributed by atoms with Crippen LogP contribution in [0.15, 0.2) is 0 Å². The van der Waals surface area contributed by atoms with Gasteiger partial charge in [-0.15, -0.1) is 0 Å². The van der Waals surface area contributed by atoms with Crippen molar-refractivity contribution in [3.05, 3.63) is 0 Å². The van der Waals surface area contributed by atoms with Crippen molar-refractivity contribution in [2.24, 2.45) is 0 Å². The second-order valence-electron chi connectivity index (χ2n) is 3.03. The van der Waals surface area contributed by atoms with Crippen molar-refractivity contribution in [1.29, 1.82) is 0 Å². The van der Waals surface area contributed by atoms with Gasteiger partial charge in [0.05, 0.1) is 5.54 Å². The Kier molecular flexibility index (Phi) is 4.61. The maximum absolute atomic E-state index is 10.1. The van der Waals surface area contributed by atoms with Gasteiger partial charge >= 0.3 is 0 Å². The third-order valence-corrected chi connectivity index (χ3v) is 2.41. The molecule has 0 aromatic rings. The van der Waals surface area contributed by atoms with Crippen LogP contribution in [0.1, 0.15) is 27.2 Å². The van der Waals surface area contributed by atoms with Gasteiger partial charge in [0.15, 0.2) is 6.29 Å². The van der Waals surface area contributed by atoms with Crippen LogP contribution in [0.4, 0.5) is 0 Å². The standard InChI is InChI=1S/C10H17NO/c1-5-10(3,8-7-9-12)11(4)6-2/h9H,5-6H2,1-4H3. The lowest BCUT2D eigenvalue weighted by Gasteiger charge is -2.32. The van der Waals surface area contributed by atoms with Gasteiger partial charge in [-0.2, -0.15) is 0 Å². The van der Waals surface area contributed by atoms with Crippen LogP contribution in [0.2, 0.25) is 0 Å². The lowest BCUT2D eigenvalue weighted by molar-refractivity contribution is -0.103. The second kappa shape index (κ2) is 4.95. The zero-order valence-corrected chi connectivity index (χ0v) is 8.35. The lowest BCUT2D eigenvalue weighted by Crippen LogP contribution is -2.41. The summed E-state index contributed by atoms with van der Waals surface area (Å²) in [5, 5.41) is 0. The Labute approximate surface area is 74.9 Å². The van der Waals surface area contributed by atoms with Gasteiger partial charge in [0.2, 0.25) is 0 Å². The fraction of sp³-hybridized carbons (Fsp3) is 0.700. The molecule has 0 radical (unpaired) electrons. The van der Waals surface area contributed by atoms with Gasteiger partial charge in [-0.25, -0.2) is 0 Å². The molecular formula is C10H17NO. The predicted octanol–water partition coefficient (Wildman–Crippen LogP) is 1.31. The first-order chi connectivity index (χ1) is 5.60. The van der Waals surface area contributed by atoms with Crippen LogP contribution < -0.4 is 0 Å². The first kappa shape index (κ1) is 11.2. The molecule has 0 N–H and O–H groups in total. The highest BCUT2D eigenvalue weighted by atomic mass is 16.1. The summed E-state index contributed by atoms with van der Waals surface area (Å²) in [6, 6.07) is 0. The summed E-state index contributed by atoms with van der Waals surface area (Å²) < 4.78 is 0. The number of aldehydes is 1. The molecular weight excluding hydrogens is 150 g/mol. The van der Waals surface area contributed by atoms with E-state index in [1.165, 1.54) is 0 Å². The second-order valence-corrected chi connectivity index (χ2v) is 3.03. The average Bonchev–Trinajstić information content (AvgIpc) is 2.12. The summed E-state index contributed by atoms with van der Waals surface area (Å²) in [4.78, 5) is 12.2. The molecule has 0 saturated carbocycles. The molecule has 1 unspecified atom stereocenters. The largest absolute Gasteiger partial charge is 0.291 e. The molecule has 2 nitrogen and oxygen atoms in total. The molecule has 0 aromatic heterocycles. The van der Waals surface area contributed by atoms with Gasteiger partial charge < -0.3 is 0 Å². The highest BCUT2D eigenvalue weighted by Crippen LogP contribution is 2.15. The first-order valence-electron chi connectivity index (χ1n) is 4.28. The van der Waals surface area contributed by atoms with Crippen molar-refractivity contribution >= 4 is 6.29 Å². The van der Waals surface area contributed by atoms with Gasteiger partial charge in [-0.3, -0.25) is 9.69 Å². The van der Waals surface area contributed by atoms with Crippen LogP contribution >= 0.6 is 0 Å². The Bertz CT molecular complexity index is 202. The molecule has 0 aliphatic rings. The quantitative estimate of drug-likeness (QED) is 0.466. The van der Waals surface area contributed by atoms with E-state index >= 15 is 0 Å². The summed E-state index contributed by atoms with van der Waals surface area (Å²) in [6.07, 6.45) is 1.58. The number of nitrogens with zero attached hydrogens (tertiary/aromatic N) is 1. The van der Waals surface area contributed by atoms with E-state index in [9.17, 15) is 4.79 Å².